The number of aryl methyl sites for hydroxylation is 1. The van der Waals surface area contributed by atoms with Gasteiger partial charge in [-0.3, -0.25) is 0 Å². The van der Waals surface area contributed by atoms with E-state index in [-0.39, 0.29) is 0 Å². The third-order valence-electron chi connectivity index (χ3n) is 4.19. The van der Waals surface area contributed by atoms with Crippen molar-refractivity contribution in [3.63, 3.8) is 0 Å². The van der Waals surface area contributed by atoms with Crippen molar-refractivity contribution in [2.75, 3.05) is 13.1 Å². The molecule has 1 aliphatic rings. The third kappa shape index (κ3) is 3.81. The zero-order chi connectivity index (χ0) is 12.8. The van der Waals surface area contributed by atoms with Crippen LogP contribution in [0.3, 0.4) is 0 Å². The Kier molecular flexibility index (Phi) is 5.22. The van der Waals surface area contributed by atoms with E-state index in [1.165, 1.54) is 48.3 Å². The first-order valence-corrected chi connectivity index (χ1v) is 8.02. The van der Waals surface area contributed by atoms with Crippen molar-refractivity contribution in [3.05, 3.63) is 21.9 Å². The lowest BCUT2D eigenvalue weighted by Crippen LogP contribution is -2.39. The third-order valence-corrected chi connectivity index (χ3v) is 5.19. The maximum Gasteiger partial charge on any atom is 0.0300 e. The van der Waals surface area contributed by atoms with Gasteiger partial charge in [0.05, 0.1) is 0 Å². The molecule has 1 heterocycles. The first-order chi connectivity index (χ1) is 8.74. The smallest absolute Gasteiger partial charge is 0.0300 e. The van der Waals surface area contributed by atoms with E-state index in [4.69, 9.17) is 5.73 Å². The van der Waals surface area contributed by atoms with Crippen molar-refractivity contribution in [1.82, 2.24) is 5.32 Å². The van der Waals surface area contributed by atoms with Gasteiger partial charge in [0.2, 0.25) is 0 Å². The normalized spacial score (nSPS) is 19.7. The van der Waals surface area contributed by atoms with Gasteiger partial charge in [-0.15, -0.1) is 11.3 Å². The minimum absolute atomic E-state index is 0.364. The zero-order valence-corrected chi connectivity index (χ0v) is 12.3. The monoisotopic (exact) mass is 266 g/mol. The van der Waals surface area contributed by atoms with Gasteiger partial charge in [0, 0.05) is 22.8 Å². The molecule has 1 aromatic rings. The number of nitrogens with one attached hydrogen (secondary N) is 1. The molecule has 1 saturated carbocycles. The van der Waals surface area contributed by atoms with Crippen LogP contribution >= 0.6 is 11.3 Å². The summed E-state index contributed by atoms with van der Waals surface area (Å²) in [5.74, 6) is 0. The summed E-state index contributed by atoms with van der Waals surface area (Å²) in [5.41, 5.74) is 6.42. The van der Waals surface area contributed by atoms with Crippen molar-refractivity contribution in [2.24, 2.45) is 11.1 Å². The number of thiophene rings is 1. The zero-order valence-electron chi connectivity index (χ0n) is 11.5. The average Bonchev–Trinajstić information content (AvgIpc) is 2.65. The Balaban J connectivity index is 1.82. The van der Waals surface area contributed by atoms with Crippen LogP contribution in [0.25, 0.3) is 0 Å². The fourth-order valence-corrected chi connectivity index (χ4v) is 3.82. The summed E-state index contributed by atoms with van der Waals surface area (Å²) in [7, 11) is 0. The summed E-state index contributed by atoms with van der Waals surface area (Å²) in [4.78, 5) is 2.84. The van der Waals surface area contributed by atoms with Gasteiger partial charge in [-0.1, -0.05) is 25.7 Å². The first kappa shape index (κ1) is 14.0. The highest BCUT2D eigenvalue weighted by molar-refractivity contribution is 7.11. The van der Waals surface area contributed by atoms with Crippen LogP contribution in [0.4, 0.5) is 0 Å². The summed E-state index contributed by atoms with van der Waals surface area (Å²) in [6.45, 7) is 5.09. The van der Waals surface area contributed by atoms with E-state index in [1.54, 1.807) is 0 Å². The minimum Gasteiger partial charge on any atom is -0.330 e. The predicted molar refractivity (Wildman–Crippen MR) is 80.0 cm³/mol. The van der Waals surface area contributed by atoms with Crippen LogP contribution in [0.2, 0.25) is 0 Å². The van der Waals surface area contributed by atoms with E-state index in [9.17, 15) is 0 Å². The van der Waals surface area contributed by atoms with Gasteiger partial charge in [-0.25, -0.2) is 0 Å². The van der Waals surface area contributed by atoms with Crippen molar-refractivity contribution >= 4 is 11.3 Å². The lowest BCUT2D eigenvalue weighted by Gasteiger charge is -2.31. The summed E-state index contributed by atoms with van der Waals surface area (Å²) < 4.78 is 0. The molecule has 2 rings (SSSR count). The molecule has 0 aliphatic heterocycles. The topological polar surface area (TPSA) is 38.0 Å². The summed E-state index contributed by atoms with van der Waals surface area (Å²) in [6, 6.07) is 4.43. The second kappa shape index (κ2) is 6.69. The van der Waals surface area contributed by atoms with Gasteiger partial charge in [0.15, 0.2) is 0 Å². The molecule has 0 amide bonds. The van der Waals surface area contributed by atoms with Crippen LogP contribution in [0.15, 0.2) is 12.1 Å². The number of nitrogens with two attached hydrogens (primary N) is 1. The highest BCUT2D eigenvalue weighted by atomic mass is 32.1. The van der Waals surface area contributed by atoms with Crippen LogP contribution in [-0.4, -0.2) is 13.1 Å². The van der Waals surface area contributed by atoms with Crippen LogP contribution in [0.1, 0.15) is 48.3 Å². The Bertz CT molecular complexity index is 351. The Morgan fingerprint density at radius 3 is 2.50 bits per heavy atom. The van der Waals surface area contributed by atoms with Crippen LogP contribution in [-0.2, 0) is 6.54 Å². The van der Waals surface area contributed by atoms with Crippen molar-refractivity contribution in [1.29, 1.82) is 0 Å². The van der Waals surface area contributed by atoms with Gasteiger partial charge < -0.3 is 11.1 Å². The maximum atomic E-state index is 6.05. The molecule has 3 N–H and O–H groups in total. The van der Waals surface area contributed by atoms with Gasteiger partial charge in [-0.05, 0) is 43.9 Å². The van der Waals surface area contributed by atoms with Crippen LogP contribution in [0.5, 0.6) is 0 Å². The molecular formula is C15H26N2S. The molecule has 0 bridgehead atoms. The standard InChI is InChI=1S/C15H26N2S/c1-13-6-7-14(18-13)10-17-12-15(11-16)8-4-2-3-5-9-15/h6-7,17H,2-5,8-12,16H2,1H3. The van der Waals surface area contributed by atoms with Crippen molar-refractivity contribution in [2.45, 2.75) is 52.0 Å². The fourth-order valence-electron chi connectivity index (χ4n) is 2.96. The van der Waals surface area contributed by atoms with Gasteiger partial charge in [0.25, 0.3) is 0 Å². The number of hydrogen-bond donors (Lipinski definition) is 2. The minimum atomic E-state index is 0.364. The molecule has 0 saturated heterocycles. The molecule has 0 aromatic carbocycles. The van der Waals surface area contributed by atoms with E-state index < -0.39 is 0 Å². The summed E-state index contributed by atoms with van der Waals surface area (Å²) >= 11 is 1.89. The Morgan fingerprint density at radius 1 is 1.22 bits per heavy atom. The second-order valence-electron chi connectivity index (χ2n) is 5.73. The molecule has 1 aromatic heterocycles. The highest BCUT2D eigenvalue weighted by Crippen LogP contribution is 2.33. The second-order valence-corrected chi connectivity index (χ2v) is 7.11. The lowest BCUT2D eigenvalue weighted by atomic mass is 9.80. The molecule has 1 fully saturated rings. The summed E-state index contributed by atoms with van der Waals surface area (Å²) in [6.07, 6.45) is 8.12. The number of hydrogen-bond acceptors (Lipinski definition) is 3. The molecule has 2 nitrogen and oxygen atoms in total. The fraction of sp³-hybridized carbons (Fsp3) is 0.733. The Hall–Kier alpha value is -0.380. The first-order valence-electron chi connectivity index (χ1n) is 7.20. The largest absolute Gasteiger partial charge is 0.330 e. The lowest BCUT2D eigenvalue weighted by molar-refractivity contribution is 0.242. The molecule has 18 heavy (non-hydrogen) atoms. The molecule has 0 atom stereocenters. The van der Waals surface area contributed by atoms with E-state index in [2.05, 4.69) is 24.4 Å². The molecule has 3 heteroatoms. The van der Waals surface area contributed by atoms with Crippen LogP contribution < -0.4 is 11.1 Å². The number of rotatable bonds is 5. The molecule has 1 aliphatic carbocycles. The molecule has 0 radical (unpaired) electrons. The van der Waals surface area contributed by atoms with E-state index in [0.717, 1.165) is 19.6 Å². The summed E-state index contributed by atoms with van der Waals surface area (Å²) in [5, 5.41) is 3.63. The average molecular weight is 266 g/mol. The van der Waals surface area contributed by atoms with E-state index in [1.807, 2.05) is 11.3 Å². The quantitative estimate of drug-likeness (QED) is 0.801. The SMILES string of the molecule is Cc1ccc(CNCC2(CN)CCCCCC2)s1. The van der Waals surface area contributed by atoms with Gasteiger partial charge in [-0.2, -0.15) is 0 Å². The van der Waals surface area contributed by atoms with Crippen LogP contribution in [0, 0.1) is 12.3 Å². The van der Waals surface area contributed by atoms with Gasteiger partial charge >= 0.3 is 0 Å². The molecule has 0 unspecified atom stereocenters. The predicted octanol–water partition coefficient (Wildman–Crippen LogP) is 3.45. The molecule has 102 valence electrons. The van der Waals surface area contributed by atoms with E-state index >= 15 is 0 Å². The Labute approximate surface area is 115 Å². The van der Waals surface area contributed by atoms with E-state index in [0.29, 0.717) is 5.41 Å². The Morgan fingerprint density at radius 2 is 1.94 bits per heavy atom. The van der Waals surface area contributed by atoms with Crippen molar-refractivity contribution < 1.29 is 0 Å². The molecular weight excluding hydrogens is 240 g/mol. The maximum absolute atomic E-state index is 6.05. The van der Waals surface area contributed by atoms with Crippen molar-refractivity contribution in [3.8, 4) is 0 Å². The van der Waals surface area contributed by atoms with Gasteiger partial charge in [0.1, 0.15) is 0 Å². The highest BCUT2D eigenvalue weighted by Gasteiger charge is 2.28. The molecule has 0 spiro atoms.